The van der Waals surface area contributed by atoms with Crippen LogP contribution >= 0.6 is 34.7 Å². The fourth-order valence-electron chi connectivity index (χ4n) is 1.87. The van der Waals surface area contributed by atoms with Crippen LogP contribution < -0.4 is 10.3 Å². The van der Waals surface area contributed by atoms with Crippen LogP contribution in [0.3, 0.4) is 0 Å². The van der Waals surface area contributed by atoms with Crippen LogP contribution in [0.5, 0.6) is 0 Å². The summed E-state index contributed by atoms with van der Waals surface area (Å²) in [5, 5.41) is 4.52. The zero-order chi connectivity index (χ0) is 15.5. The van der Waals surface area contributed by atoms with Gasteiger partial charge in [-0.1, -0.05) is 41.6 Å². The Hall–Kier alpha value is -1.83. The van der Waals surface area contributed by atoms with E-state index in [1.54, 1.807) is 12.1 Å². The van der Waals surface area contributed by atoms with E-state index in [0.717, 1.165) is 5.69 Å². The Kier molecular flexibility index (Phi) is 4.47. The quantitative estimate of drug-likeness (QED) is 0.864. The van der Waals surface area contributed by atoms with E-state index in [9.17, 15) is 9.59 Å². The van der Waals surface area contributed by atoms with Gasteiger partial charge >= 0.3 is 0 Å². The highest BCUT2D eigenvalue weighted by molar-refractivity contribution is 8.15. The average Bonchev–Trinajstić information content (AvgIpc) is 3.12. The maximum Gasteiger partial charge on any atom is 0.281 e. The SMILES string of the molecule is O=C(N/N=C1/SCC(=O)N1c1ccccc1)c1ccc(Cl)s1. The number of halogens is 1. The van der Waals surface area contributed by atoms with Crippen LogP contribution in [-0.2, 0) is 4.79 Å². The molecule has 1 saturated heterocycles. The Labute approximate surface area is 140 Å². The highest BCUT2D eigenvalue weighted by Gasteiger charge is 2.29. The minimum Gasteiger partial charge on any atom is -0.273 e. The first-order valence-electron chi connectivity index (χ1n) is 6.29. The van der Waals surface area contributed by atoms with Gasteiger partial charge in [-0.15, -0.1) is 16.4 Å². The molecule has 2 aromatic rings. The van der Waals surface area contributed by atoms with Crippen LogP contribution in [0.2, 0.25) is 4.34 Å². The van der Waals surface area contributed by atoms with Gasteiger partial charge in [-0.25, -0.2) is 5.43 Å². The lowest BCUT2D eigenvalue weighted by Crippen LogP contribution is -2.31. The van der Waals surface area contributed by atoms with Crippen molar-refractivity contribution in [1.29, 1.82) is 0 Å². The Morgan fingerprint density at radius 3 is 2.68 bits per heavy atom. The van der Waals surface area contributed by atoms with Gasteiger partial charge in [-0.3, -0.25) is 14.5 Å². The number of rotatable bonds is 3. The average molecular weight is 352 g/mol. The molecule has 22 heavy (non-hydrogen) atoms. The van der Waals surface area contributed by atoms with Crippen LogP contribution in [0.4, 0.5) is 5.69 Å². The number of thiophene rings is 1. The fraction of sp³-hybridized carbons (Fsp3) is 0.0714. The molecule has 3 rings (SSSR count). The molecule has 0 radical (unpaired) electrons. The maximum atomic E-state index is 12.0. The number of thioether (sulfide) groups is 1. The molecule has 0 aliphatic carbocycles. The molecule has 8 heteroatoms. The number of amidine groups is 1. The molecular formula is C14H10ClN3O2S2. The zero-order valence-electron chi connectivity index (χ0n) is 11.2. The molecule has 0 saturated carbocycles. The normalized spacial score (nSPS) is 16.3. The minimum absolute atomic E-state index is 0.0663. The highest BCUT2D eigenvalue weighted by atomic mass is 35.5. The van der Waals surface area contributed by atoms with Gasteiger partial charge in [0.15, 0.2) is 5.17 Å². The summed E-state index contributed by atoms with van der Waals surface area (Å²) in [6, 6.07) is 12.5. The van der Waals surface area contributed by atoms with Gasteiger partial charge in [-0.05, 0) is 24.3 Å². The predicted molar refractivity (Wildman–Crippen MR) is 90.6 cm³/mol. The zero-order valence-corrected chi connectivity index (χ0v) is 13.5. The molecule has 1 aromatic heterocycles. The van der Waals surface area contributed by atoms with Crippen molar-refractivity contribution in [2.24, 2.45) is 5.10 Å². The van der Waals surface area contributed by atoms with E-state index in [1.807, 2.05) is 30.3 Å². The summed E-state index contributed by atoms with van der Waals surface area (Å²) in [4.78, 5) is 25.9. The lowest BCUT2D eigenvalue weighted by atomic mass is 10.3. The van der Waals surface area contributed by atoms with E-state index in [0.29, 0.717) is 20.1 Å². The number of nitrogens with zero attached hydrogens (tertiary/aromatic N) is 2. The molecule has 2 heterocycles. The molecule has 0 atom stereocenters. The third-order valence-corrected chi connectivity index (χ3v) is 4.98. The molecule has 1 aromatic carbocycles. The second kappa shape index (κ2) is 6.51. The van der Waals surface area contributed by atoms with Crippen LogP contribution in [-0.4, -0.2) is 22.7 Å². The minimum atomic E-state index is -0.350. The molecule has 0 spiro atoms. The van der Waals surface area contributed by atoms with Gasteiger partial charge in [0.05, 0.1) is 20.7 Å². The first-order chi connectivity index (χ1) is 10.6. The van der Waals surface area contributed by atoms with Crippen LogP contribution in [0.25, 0.3) is 0 Å². The summed E-state index contributed by atoms with van der Waals surface area (Å²) >= 11 is 8.26. The van der Waals surface area contributed by atoms with E-state index in [-0.39, 0.29) is 11.8 Å². The van der Waals surface area contributed by atoms with E-state index in [1.165, 1.54) is 28.0 Å². The van der Waals surface area contributed by atoms with Crippen molar-refractivity contribution in [2.45, 2.75) is 0 Å². The smallest absolute Gasteiger partial charge is 0.273 e. The van der Waals surface area contributed by atoms with Crippen molar-refractivity contribution in [1.82, 2.24) is 5.43 Å². The third-order valence-electron chi connectivity index (χ3n) is 2.83. The van der Waals surface area contributed by atoms with Crippen molar-refractivity contribution < 1.29 is 9.59 Å². The van der Waals surface area contributed by atoms with Gasteiger partial charge in [0.25, 0.3) is 5.91 Å². The largest absolute Gasteiger partial charge is 0.281 e. The van der Waals surface area contributed by atoms with Crippen molar-refractivity contribution in [3.63, 3.8) is 0 Å². The number of nitrogens with one attached hydrogen (secondary N) is 1. The summed E-state index contributed by atoms with van der Waals surface area (Å²) in [6.07, 6.45) is 0. The second-order valence-electron chi connectivity index (χ2n) is 4.29. The summed E-state index contributed by atoms with van der Waals surface area (Å²) in [5.41, 5.74) is 3.19. The number of hydrogen-bond acceptors (Lipinski definition) is 5. The molecule has 0 unspecified atom stereocenters. The van der Waals surface area contributed by atoms with Crippen molar-refractivity contribution in [3.05, 3.63) is 51.7 Å². The highest BCUT2D eigenvalue weighted by Crippen LogP contribution is 2.26. The molecule has 2 amide bonds. The maximum absolute atomic E-state index is 12.0. The van der Waals surface area contributed by atoms with Crippen molar-refractivity contribution in [3.8, 4) is 0 Å². The predicted octanol–water partition coefficient (Wildman–Crippen LogP) is 3.18. The standard InChI is InChI=1S/C14H10ClN3O2S2/c15-11-7-6-10(22-11)13(20)16-17-14-18(12(19)8-21-14)9-4-2-1-3-5-9/h1-7H,8H2,(H,16,20)/b17-14+. The van der Waals surface area contributed by atoms with E-state index < -0.39 is 0 Å². The van der Waals surface area contributed by atoms with Crippen LogP contribution in [0, 0.1) is 0 Å². The lowest BCUT2D eigenvalue weighted by molar-refractivity contribution is -0.115. The molecule has 1 aliphatic rings. The number of hydrazone groups is 1. The molecule has 1 aliphatic heterocycles. The number of anilines is 1. The van der Waals surface area contributed by atoms with Crippen molar-refractivity contribution in [2.75, 3.05) is 10.7 Å². The summed E-state index contributed by atoms with van der Waals surface area (Å²) in [6.45, 7) is 0. The molecule has 5 nitrogen and oxygen atoms in total. The number of benzene rings is 1. The first kappa shape index (κ1) is 15.1. The van der Waals surface area contributed by atoms with E-state index in [4.69, 9.17) is 11.6 Å². The number of amides is 2. The fourth-order valence-corrected chi connectivity index (χ4v) is 3.63. The number of carbonyl (C=O) groups is 2. The van der Waals surface area contributed by atoms with Gasteiger partial charge in [0, 0.05) is 0 Å². The number of hydrogen-bond donors (Lipinski definition) is 1. The van der Waals surface area contributed by atoms with E-state index >= 15 is 0 Å². The lowest BCUT2D eigenvalue weighted by Gasteiger charge is -2.15. The summed E-state index contributed by atoms with van der Waals surface area (Å²) < 4.78 is 0.536. The Morgan fingerprint density at radius 1 is 1.23 bits per heavy atom. The topological polar surface area (TPSA) is 61.8 Å². The Bertz CT molecular complexity index is 746. The Balaban J connectivity index is 1.78. The third kappa shape index (κ3) is 3.16. The van der Waals surface area contributed by atoms with Gasteiger partial charge in [0.1, 0.15) is 0 Å². The molecule has 112 valence electrons. The molecule has 1 fully saturated rings. The van der Waals surface area contributed by atoms with E-state index in [2.05, 4.69) is 10.5 Å². The van der Waals surface area contributed by atoms with Gasteiger partial charge < -0.3 is 0 Å². The van der Waals surface area contributed by atoms with Crippen LogP contribution in [0.1, 0.15) is 9.67 Å². The van der Waals surface area contributed by atoms with Gasteiger partial charge in [0.2, 0.25) is 5.91 Å². The first-order valence-corrected chi connectivity index (χ1v) is 8.47. The van der Waals surface area contributed by atoms with Gasteiger partial charge in [-0.2, -0.15) is 0 Å². The molecular weight excluding hydrogens is 342 g/mol. The summed E-state index contributed by atoms with van der Waals surface area (Å²) in [7, 11) is 0. The molecule has 1 N–H and O–H groups in total. The van der Waals surface area contributed by atoms with Crippen LogP contribution in [0.15, 0.2) is 47.6 Å². The number of carbonyl (C=O) groups excluding carboxylic acids is 2. The molecule has 0 bridgehead atoms. The number of para-hydroxylation sites is 1. The second-order valence-corrected chi connectivity index (χ2v) is 6.95. The monoisotopic (exact) mass is 351 g/mol. The Morgan fingerprint density at radius 2 is 2.00 bits per heavy atom. The van der Waals surface area contributed by atoms with Crippen molar-refractivity contribution >= 4 is 57.4 Å². The summed E-state index contributed by atoms with van der Waals surface area (Å²) in [5.74, 6) is -0.116.